The highest BCUT2D eigenvalue weighted by atomic mass is 32.1. The number of carbonyl (C=O) groups excluding carboxylic acids is 1. The summed E-state index contributed by atoms with van der Waals surface area (Å²) in [5.41, 5.74) is 3.36. The predicted octanol–water partition coefficient (Wildman–Crippen LogP) is 6.77. The Balaban J connectivity index is 1.59. The highest BCUT2D eigenvalue weighted by Gasteiger charge is 2.14. The molecule has 0 saturated carbocycles. The average Bonchev–Trinajstić information content (AvgIpc) is 3.27. The molecule has 0 aliphatic heterocycles. The number of ether oxygens (including phenoxy) is 1. The maximum Gasteiger partial charge on any atom is 0.333 e. The average molecular weight is 439 g/mol. The molecule has 31 heavy (non-hydrogen) atoms. The van der Waals surface area contributed by atoms with Crippen molar-refractivity contribution in [2.24, 2.45) is 0 Å². The molecule has 0 saturated heterocycles. The molecule has 6 heteroatoms. The van der Waals surface area contributed by atoms with Gasteiger partial charge in [0.15, 0.2) is 5.13 Å². The number of esters is 1. The van der Waals surface area contributed by atoms with Crippen molar-refractivity contribution in [3.63, 3.8) is 0 Å². The van der Waals surface area contributed by atoms with Gasteiger partial charge in [-0.1, -0.05) is 43.3 Å². The molecule has 0 fully saturated rings. The van der Waals surface area contributed by atoms with Crippen LogP contribution in [0.2, 0.25) is 0 Å². The highest BCUT2D eigenvalue weighted by molar-refractivity contribution is 7.14. The molecule has 0 unspecified atom stereocenters. The first-order chi connectivity index (χ1) is 15.0. The number of rotatable bonds is 11. The number of halogens is 1. The molecule has 2 aromatic carbocycles. The van der Waals surface area contributed by atoms with Crippen LogP contribution in [0.5, 0.6) is 0 Å². The van der Waals surface area contributed by atoms with Gasteiger partial charge in [-0.15, -0.1) is 11.3 Å². The minimum absolute atomic E-state index is 0.253. The van der Waals surface area contributed by atoms with Crippen molar-refractivity contribution >= 4 is 28.1 Å². The molecule has 0 aliphatic rings. The van der Waals surface area contributed by atoms with Gasteiger partial charge in [0.2, 0.25) is 0 Å². The lowest BCUT2D eigenvalue weighted by Gasteiger charge is -2.22. The van der Waals surface area contributed by atoms with Crippen molar-refractivity contribution < 1.29 is 13.9 Å². The number of carbonyl (C=O) groups is 1. The number of thiazole rings is 1. The van der Waals surface area contributed by atoms with Crippen molar-refractivity contribution in [3.8, 4) is 11.3 Å². The predicted molar refractivity (Wildman–Crippen MR) is 125 cm³/mol. The molecule has 0 aliphatic carbocycles. The van der Waals surface area contributed by atoms with Gasteiger partial charge in [0.05, 0.1) is 12.3 Å². The highest BCUT2D eigenvalue weighted by Crippen LogP contribution is 2.32. The van der Waals surface area contributed by atoms with E-state index in [4.69, 9.17) is 9.72 Å². The maximum absolute atomic E-state index is 13.4. The molecule has 0 N–H and O–H groups in total. The summed E-state index contributed by atoms with van der Waals surface area (Å²) in [4.78, 5) is 18.4. The summed E-state index contributed by atoms with van der Waals surface area (Å²) in [6.45, 7) is 6.42. The molecule has 0 amide bonds. The topological polar surface area (TPSA) is 42.4 Å². The first-order valence-electron chi connectivity index (χ1n) is 10.4. The lowest BCUT2D eigenvalue weighted by atomic mass is 10.2. The van der Waals surface area contributed by atoms with Crippen molar-refractivity contribution in [2.45, 2.75) is 32.6 Å². The standard InChI is InChI=1S/C25H27FN2O2S/c1-19(2)24(29)30-17-9-4-3-8-16-28(22-14-12-21(26)13-15-22)25-27-23(18-31-25)20-10-6-5-7-11-20/h5-7,10-15,18H,1,3-4,8-9,16-17H2,2H3. The van der Waals surface area contributed by atoms with Gasteiger partial charge in [-0.3, -0.25) is 0 Å². The summed E-state index contributed by atoms with van der Waals surface area (Å²) < 4.78 is 18.6. The smallest absolute Gasteiger partial charge is 0.333 e. The fourth-order valence-electron chi connectivity index (χ4n) is 3.10. The molecular formula is C25H27FN2O2S. The van der Waals surface area contributed by atoms with E-state index in [1.165, 1.54) is 12.1 Å². The molecule has 0 spiro atoms. The largest absolute Gasteiger partial charge is 0.462 e. The van der Waals surface area contributed by atoms with Gasteiger partial charge in [0.1, 0.15) is 5.82 Å². The van der Waals surface area contributed by atoms with E-state index >= 15 is 0 Å². The van der Waals surface area contributed by atoms with E-state index in [0.717, 1.165) is 54.3 Å². The zero-order chi connectivity index (χ0) is 22.1. The Morgan fingerprint density at radius 2 is 1.77 bits per heavy atom. The summed E-state index contributed by atoms with van der Waals surface area (Å²) in [6, 6.07) is 16.6. The van der Waals surface area contributed by atoms with Gasteiger partial charge in [0.25, 0.3) is 0 Å². The van der Waals surface area contributed by atoms with Crippen LogP contribution in [0.15, 0.2) is 72.1 Å². The lowest BCUT2D eigenvalue weighted by Crippen LogP contribution is -2.18. The van der Waals surface area contributed by atoms with Gasteiger partial charge in [-0.05, 0) is 50.5 Å². The summed E-state index contributed by atoms with van der Waals surface area (Å²) in [5, 5.41) is 2.94. The molecule has 0 bridgehead atoms. The number of hydrogen-bond acceptors (Lipinski definition) is 5. The van der Waals surface area contributed by atoms with Crippen LogP contribution in [-0.4, -0.2) is 24.1 Å². The van der Waals surface area contributed by atoms with Gasteiger partial charge < -0.3 is 9.64 Å². The van der Waals surface area contributed by atoms with E-state index < -0.39 is 0 Å². The zero-order valence-corrected chi connectivity index (χ0v) is 18.5. The minimum Gasteiger partial charge on any atom is -0.462 e. The van der Waals surface area contributed by atoms with Crippen molar-refractivity contribution in [2.75, 3.05) is 18.1 Å². The van der Waals surface area contributed by atoms with Crippen LogP contribution in [0.3, 0.4) is 0 Å². The Morgan fingerprint density at radius 3 is 2.48 bits per heavy atom. The van der Waals surface area contributed by atoms with Crippen molar-refractivity contribution in [1.82, 2.24) is 4.98 Å². The molecule has 1 aromatic heterocycles. The van der Waals surface area contributed by atoms with Crippen LogP contribution in [0.1, 0.15) is 32.6 Å². The van der Waals surface area contributed by atoms with Gasteiger partial charge in [0, 0.05) is 28.7 Å². The van der Waals surface area contributed by atoms with Crippen LogP contribution in [0, 0.1) is 5.82 Å². The molecule has 3 rings (SSSR count). The second-order valence-electron chi connectivity index (χ2n) is 7.34. The fraction of sp³-hybridized carbons (Fsp3) is 0.280. The Morgan fingerprint density at radius 1 is 1.06 bits per heavy atom. The third-order valence-electron chi connectivity index (χ3n) is 4.79. The summed E-state index contributed by atoms with van der Waals surface area (Å²) in [5.74, 6) is -0.586. The SMILES string of the molecule is C=C(C)C(=O)OCCCCCCN(c1ccc(F)cc1)c1nc(-c2ccccc2)cs1. The van der Waals surface area contributed by atoms with Crippen LogP contribution in [0.25, 0.3) is 11.3 Å². The van der Waals surface area contributed by atoms with Crippen molar-refractivity contribution in [1.29, 1.82) is 0 Å². The number of benzene rings is 2. The number of hydrogen-bond donors (Lipinski definition) is 0. The van der Waals surface area contributed by atoms with Crippen LogP contribution in [-0.2, 0) is 9.53 Å². The van der Waals surface area contributed by atoms with E-state index in [9.17, 15) is 9.18 Å². The summed E-state index contributed by atoms with van der Waals surface area (Å²) in [7, 11) is 0. The third kappa shape index (κ3) is 6.76. The molecule has 0 radical (unpaired) electrons. The van der Waals surface area contributed by atoms with E-state index in [-0.39, 0.29) is 11.8 Å². The van der Waals surface area contributed by atoms with Crippen LogP contribution in [0.4, 0.5) is 15.2 Å². The normalized spacial score (nSPS) is 10.6. The molecule has 162 valence electrons. The number of unbranched alkanes of at least 4 members (excludes halogenated alkanes) is 3. The monoisotopic (exact) mass is 438 g/mol. The number of nitrogens with zero attached hydrogens (tertiary/aromatic N) is 2. The summed E-state index contributed by atoms with van der Waals surface area (Å²) in [6.07, 6.45) is 3.74. The molecule has 0 atom stereocenters. The first kappa shape index (κ1) is 22.7. The van der Waals surface area contributed by atoms with Gasteiger partial charge in [-0.25, -0.2) is 14.2 Å². The first-order valence-corrected chi connectivity index (χ1v) is 11.3. The third-order valence-corrected chi connectivity index (χ3v) is 5.65. The maximum atomic E-state index is 13.4. The fourth-order valence-corrected chi connectivity index (χ4v) is 3.98. The molecule has 1 heterocycles. The van der Waals surface area contributed by atoms with Gasteiger partial charge in [-0.2, -0.15) is 0 Å². The lowest BCUT2D eigenvalue weighted by molar-refractivity contribution is -0.139. The quantitative estimate of drug-likeness (QED) is 0.188. The second-order valence-corrected chi connectivity index (χ2v) is 8.18. The minimum atomic E-state index is -0.333. The van der Waals surface area contributed by atoms with Crippen molar-refractivity contribution in [3.05, 3.63) is 77.9 Å². The Hall–Kier alpha value is -2.99. The number of anilines is 2. The Labute approximate surface area is 187 Å². The van der Waals surface area contributed by atoms with E-state index in [1.807, 2.05) is 30.3 Å². The Kier molecular flexibility index (Phi) is 8.35. The van der Waals surface area contributed by atoms with Gasteiger partial charge >= 0.3 is 5.97 Å². The van der Waals surface area contributed by atoms with E-state index in [2.05, 4.69) is 16.9 Å². The van der Waals surface area contributed by atoms with E-state index in [0.29, 0.717) is 12.2 Å². The zero-order valence-electron chi connectivity index (χ0n) is 17.7. The molecule has 4 nitrogen and oxygen atoms in total. The summed E-state index contributed by atoms with van der Waals surface area (Å²) >= 11 is 1.58. The van der Waals surface area contributed by atoms with E-state index in [1.54, 1.807) is 30.4 Å². The van der Waals surface area contributed by atoms with Crippen LogP contribution < -0.4 is 4.90 Å². The molecule has 3 aromatic rings. The molecular weight excluding hydrogens is 411 g/mol. The second kappa shape index (κ2) is 11.4. The Bertz CT molecular complexity index is 986. The number of aromatic nitrogens is 1. The van der Waals surface area contributed by atoms with Crippen LogP contribution >= 0.6 is 11.3 Å².